The predicted molar refractivity (Wildman–Crippen MR) is 70.2 cm³/mol. The summed E-state index contributed by atoms with van der Waals surface area (Å²) in [5, 5.41) is 0. The molecule has 6 nitrogen and oxygen atoms in total. The van der Waals surface area contributed by atoms with E-state index in [0.717, 1.165) is 12.8 Å². The third-order valence-electron chi connectivity index (χ3n) is 3.09. The molecule has 1 aliphatic rings. The number of nitrogens with zero attached hydrogens (tertiary/aromatic N) is 1. The number of carbonyl (C=O) groups is 1. The highest BCUT2D eigenvalue weighted by atomic mass is 32.2. The van der Waals surface area contributed by atoms with E-state index in [-0.39, 0.29) is 10.5 Å². The van der Waals surface area contributed by atoms with E-state index in [4.69, 9.17) is 5.73 Å². The van der Waals surface area contributed by atoms with Crippen LogP contribution in [0.25, 0.3) is 0 Å². The van der Waals surface area contributed by atoms with Gasteiger partial charge < -0.3 is 10.5 Å². The molecule has 0 aromatic heterocycles. The zero-order valence-electron chi connectivity index (χ0n) is 10.6. The minimum absolute atomic E-state index is 0.0172. The van der Waals surface area contributed by atoms with Gasteiger partial charge in [-0.1, -0.05) is 0 Å². The Morgan fingerprint density at radius 3 is 2.53 bits per heavy atom. The Kier molecular flexibility index (Phi) is 3.77. The van der Waals surface area contributed by atoms with E-state index >= 15 is 0 Å². The van der Waals surface area contributed by atoms with E-state index in [0.29, 0.717) is 18.8 Å². The maximum atomic E-state index is 12.5. The second kappa shape index (κ2) is 5.18. The summed E-state index contributed by atoms with van der Waals surface area (Å²) in [4.78, 5) is 11.6. The van der Waals surface area contributed by atoms with Gasteiger partial charge in [0.05, 0.1) is 17.6 Å². The van der Waals surface area contributed by atoms with E-state index in [9.17, 15) is 13.2 Å². The lowest BCUT2D eigenvalue weighted by molar-refractivity contribution is 0.0596. The SMILES string of the molecule is COC(=O)c1ccc(N)cc1S(=O)(=O)N1CCCC1. The van der Waals surface area contributed by atoms with E-state index in [2.05, 4.69) is 4.74 Å². The summed E-state index contributed by atoms with van der Waals surface area (Å²) in [5.74, 6) is -0.683. The Balaban J connectivity index is 2.53. The summed E-state index contributed by atoms with van der Waals surface area (Å²) >= 11 is 0. The largest absolute Gasteiger partial charge is 0.465 e. The van der Waals surface area contributed by atoms with Crippen LogP contribution in [-0.2, 0) is 14.8 Å². The number of benzene rings is 1. The van der Waals surface area contributed by atoms with E-state index < -0.39 is 16.0 Å². The van der Waals surface area contributed by atoms with Gasteiger partial charge in [-0.15, -0.1) is 0 Å². The normalized spacial score (nSPS) is 16.5. The van der Waals surface area contributed by atoms with Gasteiger partial charge in [0.2, 0.25) is 10.0 Å². The molecule has 1 heterocycles. The molecule has 1 aromatic rings. The molecule has 2 rings (SSSR count). The first-order chi connectivity index (χ1) is 8.96. The Labute approximate surface area is 112 Å². The highest BCUT2D eigenvalue weighted by Crippen LogP contribution is 2.26. The molecule has 0 saturated carbocycles. The van der Waals surface area contributed by atoms with Crippen molar-refractivity contribution in [2.24, 2.45) is 0 Å². The molecule has 0 amide bonds. The number of methoxy groups -OCH3 is 1. The highest BCUT2D eigenvalue weighted by Gasteiger charge is 2.31. The van der Waals surface area contributed by atoms with Crippen LogP contribution < -0.4 is 5.73 Å². The maximum Gasteiger partial charge on any atom is 0.339 e. The molecule has 0 atom stereocenters. The third-order valence-corrected chi connectivity index (χ3v) is 5.03. The van der Waals surface area contributed by atoms with E-state index in [1.54, 1.807) is 0 Å². The van der Waals surface area contributed by atoms with Gasteiger partial charge in [-0.05, 0) is 31.0 Å². The van der Waals surface area contributed by atoms with Crippen LogP contribution in [0.2, 0.25) is 0 Å². The summed E-state index contributed by atoms with van der Waals surface area (Å²) in [6.07, 6.45) is 1.66. The fourth-order valence-corrected chi connectivity index (χ4v) is 3.83. The number of carbonyl (C=O) groups excluding carboxylic acids is 1. The van der Waals surface area contributed by atoms with E-state index in [1.807, 2.05) is 0 Å². The second-order valence-corrected chi connectivity index (χ2v) is 6.26. The predicted octanol–water partition coefficient (Wildman–Crippen LogP) is 0.840. The van der Waals surface area contributed by atoms with Crippen molar-refractivity contribution in [2.75, 3.05) is 25.9 Å². The molecule has 1 aromatic carbocycles. The molecule has 1 fully saturated rings. The molecule has 1 saturated heterocycles. The third kappa shape index (κ3) is 2.57. The topological polar surface area (TPSA) is 89.7 Å². The van der Waals surface area contributed by atoms with Crippen molar-refractivity contribution in [1.82, 2.24) is 4.31 Å². The highest BCUT2D eigenvalue weighted by molar-refractivity contribution is 7.89. The fourth-order valence-electron chi connectivity index (χ4n) is 2.10. The Hall–Kier alpha value is -1.60. The molecule has 0 spiro atoms. The molecule has 0 bridgehead atoms. The smallest absolute Gasteiger partial charge is 0.339 e. The molecule has 0 aliphatic carbocycles. The van der Waals surface area contributed by atoms with Crippen LogP contribution in [0.5, 0.6) is 0 Å². The van der Waals surface area contributed by atoms with Gasteiger partial charge in [0.25, 0.3) is 0 Å². The minimum atomic E-state index is -3.69. The van der Waals surface area contributed by atoms with Gasteiger partial charge in [0, 0.05) is 18.8 Å². The summed E-state index contributed by atoms with van der Waals surface area (Å²) < 4.78 is 31.0. The number of hydrogen-bond donors (Lipinski definition) is 1. The lowest BCUT2D eigenvalue weighted by atomic mass is 10.2. The van der Waals surface area contributed by atoms with Gasteiger partial charge in [-0.3, -0.25) is 0 Å². The van der Waals surface area contributed by atoms with Crippen molar-refractivity contribution < 1.29 is 17.9 Å². The van der Waals surface area contributed by atoms with Crippen LogP contribution in [0.15, 0.2) is 23.1 Å². The zero-order valence-corrected chi connectivity index (χ0v) is 11.4. The lowest BCUT2D eigenvalue weighted by Crippen LogP contribution is -2.29. The zero-order chi connectivity index (χ0) is 14.0. The van der Waals surface area contributed by atoms with Gasteiger partial charge >= 0.3 is 5.97 Å². The minimum Gasteiger partial charge on any atom is -0.465 e. The number of nitrogens with two attached hydrogens (primary N) is 1. The molecule has 0 unspecified atom stereocenters. The van der Waals surface area contributed by atoms with Gasteiger partial charge in [-0.25, -0.2) is 13.2 Å². The quantitative estimate of drug-likeness (QED) is 0.656. The Morgan fingerprint density at radius 1 is 1.32 bits per heavy atom. The fraction of sp³-hybridized carbons (Fsp3) is 0.417. The molecule has 0 radical (unpaired) electrons. The number of esters is 1. The first-order valence-corrected chi connectivity index (χ1v) is 7.39. The number of hydrogen-bond acceptors (Lipinski definition) is 5. The van der Waals surface area contributed by atoms with E-state index in [1.165, 1.54) is 29.6 Å². The number of ether oxygens (including phenoxy) is 1. The molecule has 2 N–H and O–H groups in total. The summed E-state index contributed by atoms with van der Waals surface area (Å²) in [6, 6.07) is 4.17. The lowest BCUT2D eigenvalue weighted by Gasteiger charge is -2.17. The average Bonchev–Trinajstić information content (AvgIpc) is 2.92. The molecule has 1 aliphatic heterocycles. The van der Waals surface area contributed by atoms with Crippen molar-refractivity contribution in [3.8, 4) is 0 Å². The standard InChI is InChI=1S/C12H16N2O4S/c1-18-12(15)10-5-4-9(13)8-11(10)19(16,17)14-6-2-3-7-14/h4-5,8H,2-3,6-7,13H2,1H3. The Morgan fingerprint density at radius 2 is 1.95 bits per heavy atom. The number of anilines is 1. The first kappa shape index (κ1) is 13.8. The molecular weight excluding hydrogens is 268 g/mol. The van der Waals surface area contributed by atoms with Crippen molar-refractivity contribution >= 4 is 21.7 Å². The molecule has 104 valence electrons. The van der Waals surface area contributed by atoms with Gasteiger partial charge in [0.15, 0.2) is 0 Å². The van der Waals surface area contributed by atoms with Crippen molar-refractivity contribution in [3.05, 3.63) is 23.8 Å². The van der Waals surface area contributed by atoms with Crippen LogP contribution in [0.4, 0.5) is 5.69 Å². The summed E-state index contributed by atoms with van der Waals surface area (Å²) in [7, 11) is -2.48. The first-order valence-electron chi connectivity index (χ1n) is 5.95. The number of sulfonamides is 1. The van der Waals surface area contributed by atoms with Crippen LogP contribution in [0.3, 0.4) is 0 Å². The van der Waals surface area contributed by atoms with Crippen LogP contribution in [-0.4, -0.2) is 38.9 Å². The van der Waals surface area contributed by atoms with Crippen LogP contribution in [0.1, 0.15) is 23.2 Å². The number of rotatable bonds is 3. The van der Waals surface area contributed by atoms with Crippen LogP contribution >= 0.6 is 0 Å². The maximum absolute atomic E-state index is 12.5. The summed E-state index contributed by atoms with van der Waals surface area (Å²) in [5.41, 5.74) is 5.94. The van der Waals surface area contributed by atoms with Crippen LogP contribution in [0, 0.1) is 0 Å². The molecule has 7 heteroatoms. The van der Waals surface area contributed by atoms with Crippen molar-refractivity contribution in [3.63, 3.8) is 0 Å². The molecular formula is C12H16N2O4S. The van der Waals surface area contributed by atoms with Crippen molar-refractivity contribution in [2.45, 2.75) is 17.7 Å². The van der Waals surface area contributed by atoms with Crippen molar-refractivity contribution in [1.29, 1.82) is 0 Å². The Bertz CT molecular complexity index is 592. The molecule has 19 heavy (non-hydrogen) atoms. The summed E-state index contributed by atoms with van der Waals surface area (Å²) in [6.45, 7) is 0.940. The average molecular weight is 284 g/mol. The number of nitrogen functional groups attached to an aromatic ring is 1. The van der Waals surface area contributed by atoms with Gasteiger partial charge in [0.1, 0.15) is 0 Å². The van der Waals surface area contributed by atoms with Gasteiger partial charge in [-0.2, -0.15) is 4.31 Å². The second-order valence-electron chi connectivity index (χ2n) is 4.36. The monoisotopic (exact) mass is 284 g/mol.